The van der Waals surface area contributed by atoms with E-state index in [2.05, 4.69) is 153 Å². The highest BCUT2D eigenvalue weighted by Gasteiger charge is 2.22. The number of benzene rings is 6. The molecule has 4 heterocycles. The first-order chi connectivity index (χ1) is 26.4. The number of hydrogen-bond acceptors (Lipinski definition) is 4. The van der Waals surface area contributed by atoms with E-state index in [0.717, 1.165) is 56.3 Å². The standard InChI is InChI=1S/C48H36N4OS/c1-48(2,3)33-25-26-49-44(27-33)52-41-29-36(21-22-37(41)38-23-24-43-45(47(38)52)39-19-10-11-20-42(39)54-43)53-35-18-12-17-34(28-35)51-30-40(31-13-6-4-7-14-31)46(50-51)32-15-8-5-9-16-32/h4-30H,1-3H3. The van der Waals surface area contributed by atoms with Gasteiger partial charge in [0, 0.05) is 66.6 Å². The number of aromatic nitrogens is 4. The van der Waals surface area contributed by atoms with E-state index < -0.39 is 0 Å². The summed E-state index contributed by atoms with van der Waals surface area (Å²) in [4.78, 5) is 4.99. The number of hydrogen-bond donors (Lipinski definition) is 0. The Morgan fingerprint density at radius 1 is 0.611 bits per heavy atom. The first-order valence-electron chi connectivity index (χ1n) is 18.2. The summed E-state index contributed by atoms with van der Waals surface area (Å²) >= 11 is 1.84. The van der Waals surface area contributed by atoms with Crippen molar-refractivity contribution in [1.82, 2.24) is 19.3 Å². The van der Waals surface area contributed by atoms with Gasteiger partial charge in [0.05, 0.1) is 16.7 Å². The fourth-order valence-electron chi connectivity index (χ4n) is 7.57. The molecule has 0 unspecified atom stereocenters. The van der Waals surface area contributed by atoms with Crippen LogP contribution < -0.4 is 4.74 Å². The second kappa shape index (κ2) is 12.6. The van der Waals surface area contributed by atoms with E-state index in [9.17, 15) is 0 Å². The molecule has 0 saturated carbocycles. The summed E-state index contributed by atoms with van der Waals surface area (Å²) in [6, 6.07) is 52.9. The lowest BCUT2D eigenvalue weighted by Gasteiger charge is -2.20. The number of nitrogens with zero attached hydrogens (tertiary/aromatic N) is 4. The van der Waals surface area contributed by atoms with Crippen LogP contribution in [0.4, 0.5) is 0 Å². The van der Waals surface area contributed by atoms with Crippen molar-refractivity contribution in [3.63, 3.8) is 0 Å². The molecule has 0 fully saturated rings. The molecule has 0 bridgehead atoms. The van der Waals surface area contributed by atoms with Gasteiger partial charge in [0.15, 0.2) is 0 Å². The fourth-order valence-corrected chi connectivity index (χ4v) is 8.68. The summed E-state index contributed by atoms with van der Waals surface area (Å²) in [7, 11) is 0. The average Bonchev–Trinajstić information content (AvgIpc) is 3.91. The molecule has 5 nitrogen and oxygen atoms in total. The van der Waals surface area contributed by atoms with Gasteiger partial charge in [0.2, 0.25) is 0 Å². The van der Waals surface area contributed by atoms with E-state index >= 15 is 0 Å². The summed E-state index contributed by atoms with van der Waals surface area (Å²) < 4.78 is 13.5. The van der Waals surface area contributed by atoms with E-state index in [4.69, 9.17) is 14.8 Å². The van der Waals surface area contributed by atoms with Gasteiger partial charge in [-0.25, -0.2) is 9.67 Å². The van der Waals surface area contributed by atoms with Crippen molar-refractivity contribution in [3.8, 4) is 45.4 Å². The van der Waals surface area contributed by atoms with Crippen LogP contribution in [0, 0.1) is 0 Å². The maximum atomic E-state index is 6.69. The van der Waals surface area contributed by atoms with Gasteiger partial charge in [0.1, 0.15) is 23.0 Å². The van der Waals surface area contributed by atoms with Crippen LogP contribution >= 0.6 is 11.3 Å². The largest absolute Gasteiger partial charge is 0.457 e. The molecule has 10 aromatic rings. The smallest absolute Gasteiger partial charge is 0.137 e. The van der Waals surface area contributed by atoms with Crippen molar-refractivity contribution in [3.05, 3.63) is 170 Å². The first kappa shape index (κ1) is 32.2. The third-order valence-corrected chi connectivity index (χ3v) is 11.4. The van der Waals surface area contributed by atoms with Crippen LogP contribution in [0.25, 0.3) is 75.9 Å². The van der Waals surface area contributed by atoms with Crippen molar-refractivity contribution >= 4 is 53.3 Å². The molecule has 0 aliphatic heterocycles. The van der Waals surface area contributed by atoms with Gasteiger partial charge >= 0.3 is 0 Å². The maximum absolute atomic E-state index is 6.69. The molecule has 4 aromatic heterocycles. The molecular weight excluding hydrogens is 681 g/mol. The maximum Gasteiger partial charge on any atom is 0.137 e. The number of fused-ring (bicyclic) bond motifs is 7. The fraction of sp³-hybridized carbons (Fsp3) is 0.0833. The Balaban J connectivity index is 1.11. The zero-order chi connectivity index (χ0) is 36.4. The highest BCUT2D eigenvalue weighted by atomic mass is 32.1. The van der Waals surface area contributed by atoms with Gasteiger partial charge in [-0.3, -0.25) is 4.57 Å². The van der Waals surface area contributed by atoms with Crippen LogP contribution in [0.15, 0.2) is 164 Å². The second-order valence-corrected chi connectivity index (χ2v) is 15.9. The van der Waals surface area contributed by atoms with Crippen LogP contribution in [0.1, 0.15) is 26.3 Å². The van der Waals surface area contributed by atoms with Crippen LogP contribution in [0.5, 0.6) is 11.5 Å². The average molecular weight is 717 g/mol. The Morgan fingerprint density at radius 2 is 1.35 bits per heavy atom. The van der Waals surface area contributed by atoms with E-state index in [0.29, 0.717) is 0 Å². The highest BCUT2D eigenvalue weighted by Crippen LogP contribution is 2.44. The molecule has 0 aliphatic rings. The van der Waals surface area contributed by atoms with Crippen molar-refractivity contribution in [1.29, 1.82) is 0 Å². The molecule has 0 aliphatic carbocycles. The number of rotatable bonds is 6. The van der Waals surface area contributed by atoms with Gasteiger partial charge in [-0.15, -0.1) is 11.3 Å². The van der Waals surface area contributed by atoms with E-state index in [1.165, 1.54) is 36.6 Å². The highest BCUT2D eigenvalue weighted by molar-refractivity contribution is 7.26. The lowest BCUT2D eigenvalue weighted by Crippen LogP contribution is -2.12. The summed E-state index contributed by atoms with van der Waals surface area (Å²) in [5, 5.41) is 9.97. The Bertz CT molecular complexity index is 2950. The summed E-state index contributed by atoms with van der Waals surface area (Å²) in [5.41, 5.74) is 8.53. The monoisotopic (exact) mass is 716 g/mol. The number of pyridine rings is 1. The quantitative estimate of drug-likeness (QED) is 0.172. The number of ether oxygens (including phenoxy) is 1. The lowest BCUT2D eigenvalue weighted by molar-refractivity contribution is 0.483. The van der Waals surface area contributed by atoms with E-state index in [1.54, 1.807) is 0 Å². The van der Waals surface area contributed by atoms with Crippen LogP contribution in [0.2, 0.25) is 0 Å². The molecule has 0 saturated heterocycles. The lowest BCUT2D eigenvalue weighted by atomic mass is 9.88. The van der Waals surface area contributed by atoms with Gasteiger partial charge < -0.3 is 4.74 Å². The van der Waals surface area contributed by atoms with Gasteiger partial charge in [-0.2, -0.15) is 5.10 Å². The van der Waals surface area contributed by atoms with Crippen LogP contribution in [0.3, 0.4) is 0 Å². The molecule has 0 radical (unpaired) electrons. The summed E-state index contributed by atoms with van der Waals surface area (Å²) in [5.74, 6) is 2.37. The molecule has 260 valence electrons. The van der Waals surface area contributed by atoms with Crippen molar-refractivity contribution in [2.75, 3.05) is 0 Å². The summed E-state index contributed by atoms with van der Waals surface area (Å²) in [6.07, 6.45) is 4.04. The third-order valence-electron chi connectivity index (χ3n) is 10.2. The molecular formula is C48H36N4OS. The normalized spacial score (nSPS) is 12.0. The zero-order valence-corrected chi connectivity index (χ0v) is 31.0. The second-order valence-electron chi connectivity index (χ2n) is 14.8. The van der Waals surface area contributed by atoms with Crippen molar-refractivity contribution < 1.29 is 4.74 Å². The van der Waals surface area contributed by atoms with Crippen LogP contribution in [-0.4, -0.2) is 19.3 Å². The Morgan fingerprint density at radius 3 is 2.17 bits per heavy atom. The minimum Gasteiger partial charge on any atom is -0.457 e. The zero-order valence-electron chi connectivity index (χ0n) is 30.2. The van der Waals surface area contributed by atoms with E-state index in [-0.39, 0.29) is 5.41 Å². The van der Waals surface area contributed by atoms with Gasteiger partial charge in [-0.1, -0.05) is 112 Å². The molecule has 10 rings (SSSR count). The minimum absolute atomic E-state index is 0.0293. The minimum atomic E-state index is -0.0293. The molecule has 0 atom stereocenters. The summed E-state index contributed by atoms with van der Waals surface area (Å²) in [6.45, 7) is 6.74. The Hall–Kier alpha value is -6.50. The molecule has 54 heavy (non-hydrogen) atoms. The first-order valence-corrected chi connectivity index (χ1v) is 19.0. The van der Waals surface area contributed by atoms with Crippen LogP contribution in [-0.2, 0) is 5.41 Å². The Kier molecular flexibility index (Phi) is 7.49. The SMILES string of the molecule is CC(C)(C)c1ccnc(-n2c3cc(Oc4cccc(-n5cc(-c6ccccc6)c(-c6ccccc6)n5)c4)ccc3c3ccc4sc5ccccc5c4c32)c1. The van der Waals surface area contributed by atoms with Gasteiger partial charge in [0.25, 0.3) is 0 Å². The molecule has 0 N–H and O–H groups in total. The molecule has 0 amide bonds. The van der Waals surface area contributed by atoms with Gasteiger partial charge in [-0.05, 0) is 65.1 Å². The molecule has 6 heteroatoms. The predicted molar refractivity (Wildman–Crippen MR) is 225 cm³/mol. The number of thiophene rings is 1. The Labute approximate surface area is 317 Å². The molecule has 6 aromatic carbocycles. The van der Waals surface area contributed by atoms with E-state index in [1.807, 2.05) is 52.5 Å². The predicted octanol–water partition coefficient (Wildman–Crippen LogP) is 13.2. The molecule has 0 spiro atoms. The van der Waals surface area contributed by atoms with Crippen molar-refractivity contribution in [2.24, 2.45) is 0 Å². The van der Waals surface area contributed by atoms with Crippen molar-refractivity contribution in [2.45, 2.75) is 26.2 Å². The topological polar surface area (TPSA) is 44.9 Å². The third kappa shape index (κ3) is 5.46.